The number of hydrogen-bond donors (Lipinski definition) is 2. The number of carbonyl (C=O) groups is 1. The number of aryl methyl sites for hydroxylation is 1. The topological polar surface area (TPSA) is 41.1 Å². The van der Waals surface area contributed by atoms with Crippen molar-refractivity contribution in [2.75, 3.05) is 18.4 Å². The van der Waals surface area contributed by atoms with Crippen LogP contribution in [0.5, 0.6) is 0 Å². The van der Waals surface area contributed by atoms with Gasteiger partial charge in [0.1, 0.15) is 0 Å². The highest BCUT2D eigenvalue weighted by molar-refractivity contribution is 5.92. The predicted octanol–water partition coefficient (Wildman–Crippen LogP) is 2.87. The monoisotopic (exact) mass is 274 g/mol. The first kappa shape index (κ1) is 15.5. The van der Waals surface area contributed by atoms with Gasteiger partial charge in [0, 0.05) is 12.1 Å². The molecule has 0 aromatic heterocycles. The van der Waals surface area contributed by atoms with E-state index in [1.165, 1.54) is 0 Å². The third kappa shape index (κ3) is 7.46. The number of rotatable bonds is 6. The van der Waals surface area contributed by atoms with Crippen molar-refractivity contribution in [1.29, 1.82) is 0 Å². The molecule has 0 fully saturated rings. The molecular formula is C13H17F3N2O. The Kier molecular flexibility index (Phi) is 5.82. The number of halogens is 3. The van der Waals surface area contributed by atoms with Gasteiger partial charge in [-0.15, -0.1) is 0 Å². The highest BCUT2D eigenvalue weighted by Gasteiger charge is 2.25. The SMILES string of the molecule is Cc1cccc(NC(=O)CNCCCC(F)(F)F)c1. The lowest BCUT2D eigenvalue weighted by Crippen LogP contribution is -2.29. The molecule has 0 saturated heterocycles. The highest BCUT2D eigenvalue weighted by atomic mass is 19.4. The molecule has 1 aromatic rings. The molecule has 19 heavy (non-hydrogen) atoms. The van der Waals surface area contributed by atoms with Gasteiger partial charge in [-0.05, 0) is 37.6 Å². The molecule has 2 N–H and O–H groups in total. The van der Waals surface area contributed by atoms with Gasteiger partial charge in [-0.1, -0.05) is 12.1 Å². The van der Waals surface area contributed by atoms with E-state index in [0.29, 0.717) is 5.69 Å². The van der Waals surface area contributed by atoms with Crippen LogP contribution in [0, 0.1) is 6.92 Å². The average molecular weight is 274 g/mol. The van der Waals surface area contributed by atoms with Crippen LogP contribution in [0.2, 0.25) is 0 Å². The lowest BCUT2D eigenvalue weighted by molar-refractivity contribution is -0.135. The van der Waals surface area contributed by atoms with Crippen molar-refractivity contribution in [3.8, 4) is 0 Å². The first-order valence-corrected chi connectivity index (χ1v) is 6.01. The minimum absolute atomic E-state index is 0.00575. The summed E-state index contributed by atoms with van der Waals surface area (Å²) in [7, 11) is 0. The molecule has 106 valence electrons. The number of hydrogen-bond acceptors (Lipinski definition) is 2. The molecule has 0 saturated carbocycles. The number of benzene rings is 1. The summed E-state index contributed by atoms with van der Waals surface area (Å²) < 4.78 is 35.6. The van der Waals surface area contributed by atoms with Gasteiger partial charge in [0.15, 0.2) is 0 Å². The van der Waals surface area contributed by atoms with Crippen molar-refractivity contribution < 1.29 is 18.0 Å². The Morgan fingerprint density at radius 3 is 2.68 bits per heavy atom. The van der Waals surface area contributed by atoms with Crippen molar-refractivity contribution in [3.63, 3.8) is 0 Å². The smallest absolute Gasteiger partial charge is 0.325 e. The maximum absolute atomic E-state index is 11.9. The molecule has 0 unspecified atom stereocenters. The Labute approximate surface area is 110 Å². The summed E-state index contributed by atoms with van der Waals surface area (Å²) in [6.07, 6.45) is -4.99. The first-order valence-electron chi connectivity index (χ1n) is 6.01. The molecule has 0 radical (unpaired) electrons. The van der Waals surface area contributed by atoms with E-state index >= 15 is 0 Å². The van der Waals surface area contributed by atoms with Gasteiger partial charge < -0.3 is 10.6 Å². The van der Waals surface area contributed by atoms with E-state index in [1.54, 1.807) is 6.07 Å². The molecule has 1 amide bonds. The zero-order valence-electron chi connectivity index (χ0n) is 10.7. The van der Waals surface area contributed by atoms with Crippen LogP contribution in [-0.4, -0.2) is 25.2 Å². The van der Waals surface area contributed by atoms with Gasteiger partial charge in [-0.25, -0.2) is 0 Å². The fourth-order valence-corrected chi connectivity index (χ4v) is 1.54. The average Bonchev–Trinajstić information content (AvgIpc) is 2.26. The molecule has 0 aliphatic carbocycles. The third-order valence-electron chi connectivity index (χ3n) is 2.40. The Hall–Kier alpha value is -1.56. The van der Waals surface area contributed by atoms with E-state index < -0.39 is 12.6 Å². The largest absolute Gasteiger partial charge is 0.389 e. The number of anilines is 1. The van der Waals surface area contributed by atoms with Crippen molar-refractivity contribution in [2.45, 2.75) is 25.9 Å². The zero-order chi connectivity index (χ0) is 14.3. The molecule has 0 aliphatic heterocycles. The molecule has 1 aromatic carbocycles. The summed E-state index contributed by atoms with van der Waals surface area (Å²) in [4.78, 5) is 11.5. The molecule has 0 aliphatic rings. The van der Waals surface area contributed by atoms with E-state index in [9.17, 15) is 18.0 Å². The van der Waals surface area contributed by atoms with Crippen LogP contribution in [0.4, 0.5) is 18.9 Å². The fourth-order valence-electron chi connectivity index (χ4n) is 1.54. The first-order chi connectivity index (χ1) is 8.87. The fraction of sp³-hybridized carbons (Fsp3) is 0.462. The van der Waals surface area contributed by atoms with Crippen LogP contribution in [0.3, 0.4) is 0 Å². The second-order valence-corrected chi connectivity index (χ2v) is 4.31. The number of alkyl halides is 3. The normalized spacial score (nSPS) is 11.4. The van der Waals surface area contributed by atoms with E-state index in [-0.39, 0.29) is 25.4 Å². The van der Waals surface area contributed by atoms with Gasteiger partial charge >= 0.3 is 6.18 Å². The van der Waals surface area contributed by atoms with E-state index in [4.69, 9.17) is 0 Å². The van der Waals surface area contributed by atoms with Gasteiger partial charge in [-0.3, -0.25) is 4.79 Å². The zero-order valence-corrected chi connectivity index (χ0v) is 10.7. The van der Waals surface area contributed by atoms with Gasteiger partial charge in [0.05, 0.1) is 6.54 Å². The van der Waals surface area contributed by atoms with E-state index in [1.807, 2.05) is 25.1 Å². The Morgan fingerprint density at radius 1 is 1.32 bits per heavy atom. The molecule has 0 atom stereocenters. The summed E-state index contributed by atoms with van der Waals surface area (Å²) in [6.45, 7) is 2.08. The summed E-state index contributed by atoms with van der Waals surface area (Å²) in [5, 5.41) is 5.35. The maximum Gasteiger partial charge on any atom is 0.389 e. The summed E-state index contributed by atoms with van der Waals surface area (Å²) in [5.74, 6) is -0.266. The second-order valence-electron chi connectivity index (χ2n) is 4.31. The van der Waals surface area contributed by atoms with Gasteiger partial charge in [0.2, 0.25) is 5.91 Å². The van der Waals surface area contributed by atoms with E-state index in [0.717, 1.165) is 5.56 Å². The molecule has 0 bridgehead atoms. The van der Waals surface area contributed by atoms with Crippen LogP contribution < -0.4 is 10.6 Å². The maximum atomic E-state index is 11.9. The number of carbonyl (C=O) groups excluding carboxylic acids is 1. The van der Waals surface area contributed by atoms with Gasteiger partial charge in [0.25, 0.3) is 0 Å². The highest BCUT2D eigenvalue weighted by Crippen LogP contribution is 2.20. The molecule has 3 nitrogen and oxygen atoms in total. The van der Waals surface area contributed by atoms with Crippen molar-refractivity contribution >= 4 is 11.6 Å². The minimum Gasteiger partial charge on any atom is -0.325 e. The molecule has 6 heteroatoms. The quantitative estimate of drug-likeness (QED) is 0.783. The second kappa shape index (κ2) is 7.13. The van der Waals surface area contributed by atoms with Gasteiger partial charge in [-0.2, -0.15) is 13.2 Å². The standard InChI is InChI=1S/C13H17F3N2O/c1-10-4-2-5-11(8-10)18-12(19)9-17-7-3-6-13(14,15)16/h2,4-5,8,17H,3,6-7,9H2,1H3,(H,18,19). The van der Waals surface area contributed by atoms with Crippen LogP contribution >= 0.6 is 0 Å². The molecule has 0 heterocycles. The summed E-state index contributed by atoms with van der Waals surface area (Å²) in [5.41, 5.74) is 1.71. The van der Waals surface area contributed by atoms with Crippen LogP contribution in [0.1, 0.15) is 18.4 Å². The Balaban J connectivity index is 2.18. The Bertz CT molecular complexity index is 419. The lowest BCUT2D eigenvalue weighted by atomic mass is 10.2. The Morgan fingerprint density at radius 2 is 2.05 bits per heavy atom. The van der Waals surface area contributed by atoms with Crippen LogP contribution in [-0.2, 0) is 4.79 Å². The summed E-state index contributed by atoms with van der Waals surface area (Å²) in [6, 6.07) is 7.31. The molecule has 0 spiro atoms. The number of amides is 1. The van der Waals surface area contributed by atoms with Crippen LogP contribution in [0.15, 0.2) is 24.3 Å². The van der Waals surface area contributed by atoms with E-state index in [2.05, 4.69) is 10.6 Å². The van der Waals surface area contributed by atoms with Crippen LogP contribution in [0.25, 0.3) is 0 Å². The van der Waals surface area contributed by atoms with Crippen molar-refractivity contribution in [1.82, 2.24) is 5.32 Å². The minimum atomic E-state index is -4.13. The number of nitrogens with one attached hydrogen (secondary N) is 2. The molecular weight excluding hydrogens is 257 g/mol. The molecule has 1 rings (SSSR count). The summed E-state index contributed by atoms with van der Waals surface area (Å²) >= 11 is 0. The van der Waals surface area contributed by atoms with Crippen molar-refractivity contribution in [2.24, 2.45) is 0 Å². The predicted molar refractivity (Wildman–Crippen MR) is 68.0 cm³/mol. The lowest BCUT2D eigenvalue weighted by Gasteiger charge is -2.08. The van der Waals surface area contributed by atoms with Crippen molar-refractivity contribution in [3.05, 3.63) is 29.8 Å². The third-order valence-corrected chi connectivity index (χ3v) is 2.40.